The number of aromatic nitrogens is 4. The first kappa shape index (κ1) is 18.7. The molecule has 0 bridgehead atoms. The molecule has 0 aliphatic rings. The molecule has 12 heteroatoms. The standard InChI is InChI=1S/C14H10Cl2F3N5OS/c1-2-25-13-12(21-3-4-22-13)24-11(20)8(9(23-24)14(17,18)19)6-5-7(15)26-10(6)16/h3-5H,2,20H2,1H3. The number of hydrogen-bond donors (Lipinski definition) is 1. The normalized spacial score (nSPS) is 11.8. The predicted molar refractivity (Wildman–Crippen MR) is 93.1 cm³/mol. The van der Waals surface area contributed by atoms with Gasteiger partial charge in [0, 0.05) is 18.0 Å². The van der Waals surface area contributed by atoms with Crippen LogP contribution in [0.4, 0.5) is 19.0 Å². The zero-order valence-corrected chi connectivity index (χ0v) is 15.3. The summed E-state index contributed by atoms with van der Waals surface area (Å²) in [5.74, 6) is -0.380. The van der Waals surface area contributed by atoms with E-state index in [1.165, 1.54) is 18.5 Å². The van der Waals surface area contributed by atoms with Crippen molar-refractivity contribution in [2.24, 2.45) is 0 Å². The minimum absolute atomic E-state index is 0.000998. The number of halogens is 5. The second kappa shape index (κ2) is 6.93. The lowest BCUT2D eigenvalue weighted by Gasteiger charge is -2.08. The minimum atomic E-state index is -4.78. The highest BCUT2D eigenvalue weighted by Gasteiger charge is 2.41. The van der Waals surface area contributed by atoms with Crippen molar-refractivity contribution in [3.8, 4) is 22.8 Å². The van der Waals surface area contributed by atoms with Crippen molar-refractivity contribution in [3.63, 3.8) is 0 Å². The van der Waals surface area contributed by atoms with Crippen LogP contribution in [0.2, 0.25) is 8.67 Å². The molecule has 6 nitrogen and oxygen atoms in total. The Morgan fingerprint density at radius 3 is 2.54 bits per heavy atom. The molecule has 0 amide bonds. The molecule has 0 aliphatic heterocycles. The van der Waals surface area contributed by atoms with E-state index in [-0.39, 0.29) is 43.9 Å². The number of nitrogens with zero attached hydrogens (tertiary/aromatic N) is 4. The highest BCUT2D eigenvalue weighted by molar-refractivity contribution is 7.20. The van der Waals surface area contributed by atoms with Crippen LogP contribution >= 0.6 is 34.5 Å². The van der Waals surface area contributed by atoms with Gasteiger partial charge in [0.1, 0.15) is 10.2 Å². The van der Waals surface area contributed by atoms with Gasteiger partial charge in [-0.15, -0.1) is 11.3 Å². The Balaban J connectivity index is 2.29. The maximum Gasteiger partial charge on any atom is 0.435 e. The summed E-state index contributed by atoms with van der Waals surface area (Å²) in [5, 5.41) is 3.61. The SMILES string of the molecule is CCOc1nccnc1-n1nc(C(F)(F)F)c(-c2cc(Cl)sc2Cl)c1N. The summed E-state index contributed by atoms with van der Waals surface area (Å²) in [6.07, 6.45) is -2.14. The van der Waals surface area contributed by atoms with Crippen LogP contribution in [0.25, 0.3) is 16.9 Å². The Hall–Kier alpha value is -2.04. The van der Waals surface area contributed by atoms with Crippen LogP contribution in [0.1, 0.15) is 12.6 Å². The van der Waals surface area contributed by atoms with Gasteiger partial charge in [0.25, 0.3) is 5.88 Å². The number of hydrogen-bond acceptors (Lipinski definition) is 6. The molecule has 0 saturated carbocycles. The van der Waals surface area contributed by atoms with E-state index in [2.05, 4.69) is 15.1 Å². The number of anilines is 1. The van der Waals surface area contributed by atoms with Gasteiger partial charge in [0.05, 0.1) is 16.5 Å². The molecule has 0 fully saturated rings. The van der Waals surface area contributed by atoms with Crippen LogP contribution in [0.3, 0.4) is 0 Å². The maximum absolute atomic E-state index is 13.6. The largest absolute Gasteiger partial charge is 0.475 e. The molecule has 0 spiro atoms. The summed E-state index contributed by atoms with van der Waals surface area (Å²) in [4.78, 5) is 7.95. The molecule has 3 rings (SSSR count). The van der Waals surface area contributed by atoms with Gasteiger partial charge in [-0.05, 0) is 13.0 Å². The molecule has 3 aromatic rings. The average Bonchev–Trinajstić information content (AvgIpc) is 3.07. The van der Waals surface area contributed by atoms with E-state index in [1.54, 1.807) is 6.92 Å². The topological polar surface area (TPSA) is 78.9 Å². The Bertz CT molecular complexity index is 957. The molecular weight excluding hydrogens is 414 g/mol. The number of ether oxygens (including phenoxy) is 1. The number of rotatable bonds is 4. The Labute approximate surface area is 159 Å². The predicted octanol–water partition coefficient (Wildman–Crippen LogP) is 4.70. The summed E-state index contributed by atoms with van der Waals surface area (Å²) in [6.45, 7) is 1.93. The van der Waals surface area contributed by atoms with Crippen LogP contribution in [0, 0.1) is 0 Å². The lowest BCUT2D eigenvalue weighted by molar-refractivity contribution is -0.140. The smallest absolute Gasteiger partial charge is 0.435 e. The number of alkyl halides is 3. The molecule has 0 unspecified atom stereocenters. The first-order chi connectivity index (χ1) is 12.2. The highest BCUT2D eigenvalue weighted by Crippen LogP contribution is 2.46. The first-order valence-corrected chi connectivity index (χ1v) is 8.66. The molecule has 0 aromatic carbocycles. The van der Waals surface area contributed by atoms with E-state index in [0.717, 1.165) is 16.0 Å². The van der Waals surface area contributed by atoms with Crippen molar-refractivity contribution in [1.82, 2.24) is 19.7 Å². The Morgan fingerprint density at radius 2 is 1.96 bits per heavy atom. The van der Waals surface area contributed by atoms with Crippen molar-refractivity contribution in [3.05, 3.63) is 32.8 Å². The van der Waals surface area contributed by atoms with Crippen molar-refractivity contribution in [1.29, 1.82) is 0 Å². The summed E-state index contributed by atoms with van der Waals surface area (Å²) in [6, 6.07) is 1.31. The molecule has 2 N–H and O–H groups in total. The highest BCUT2D eigenvalue weighted by atomic mass is 35.5. The number of thiophene rings is 1. The molecule has 0 radical (unpaired) electrons. The third-order valence-corrected chi connectivity index (χ3v) is 4.73. The molecular formula is C14H10Cl2F3N5OS. The molecule has 0 saturated heterocycles. The molecule has 0 aliphatic carbocycles. The van der Waals surface area contributed by atoms with E-state index in [0.29, 0.717) is 0 Å². The zero-order chi connectivity index (χ0) is 19.1. The van der Waals surface area contributed by atoms with Gasteiger partial charge in [0.2, 0.25) is 5.82 Å². The average molecular weight is 424 g/mol. The lowest BCUT2D eigenvalue weighted by atomic mass is 10.1. The lowest BCUT2D eigenvalue weighted by Crippen LogP contribution is -2.10. The van der Waals surface area contributed by atoms with Crippen LogP contribution in [-0.2, 0) is 6.18 Å². The molecule has 26 heavy (non-hydrogen) atoms. The van der Waals surface area contributed by atoms with Crippen LogP contribution < -0.4 is 10.5 Å². The zero-order valence-electron chi connectivity index (χ0n) is 13.0. The Morgan fingerprint density at radius 1 is 1.27 bits per heavy atom. The van der Waals surface area contributed by atoms with Gasteiger partial charge in [-0.1, -0.05) is 23.2 Å². The van der Waals surface area contributed by atoms with E-state index < -0.39 is 11.9 Å². The van der Waals surface area contributed by atoms with E-state index >= 15 is 0 Å². The fourth-order valence-electron chi connectivity index (χ4n) is 2.27. The monoisotopic (exact) mass is 423 g/mol. The maximum atomic E-state index is 13.6. The second-order valence-electron chi connectivity index (χ2n) is 4.87. The molecule has 3 heterocycles. The fraction of sp³-hybridized carbons (Fsp3) is 0.214. The van der Waals surface area contributed by atoms with Gasteiger partial charge in [0.15, 0.2) is 5.69 Å². The molecule has 3 aromatic heterocycles. The first-order valence-electron chi connectivity index (χ1n) is 7.09. The quantitative estimate of drug-likeness (QED) is 0.657. The number of nitrogen functional groups attached to an aromatic ring is 1. The van der Waals surface area contributed by atoms with E-state index in [9.17, 15) is 13.2 Å². The van der Waals surface area contributed by atoms with Gasteiger partial charge in [-0.3, -0.25) is 0 Å². The van der Waals surface area contributed by atoms with Crippen LogP contribution in [-0.4, -0.2) is 26.4 Å². The molecule has 0 atom stereocenters. The van der Waals surface area contributed by atoms with Crippen LogP contribution in [0.5, 0.6) is 5.88 Å². The van der Waals surface area contributed by atoms with Crippen molar-refractivity contribution in [2.45, 2.75) is 13.1 Å². The second-order valence-corrected chi connectivity index (χ2v) is 7.16. The minimum Gasteiger partial charge on any atom is -0.475 e. The van der Waals surface area contributed by atoms with Gasteiger partial charge in [-0.25, -0.2) is 9.97 Å². The van der Waals surface area contributed by atoms with Crippen molar-refractivity contribution >= 4 is 40.4 Å². The summed E-state index contributed by atoms with van der Waals surface area (Å²) < 4.78 is 47.1. The van der Waals surface area contributed by atoms with E-state index in [4.69, 9.17) is 33.7 Å². The van der Waals surface area contributed by atoms with Gasteiger partial charge in [-0.2, -0.15) is 23.0 Å². The third kappa shape index (κ3) is 3.31. The Kier molecular flexibility index (Phi) is 5.00. The summed E-state index contributed by atoms with van der Waals surface area (Å²) >= 11 is 12.8. The van der Waals surface area contributed by atoms with Gasteiger partial charge >= 0.3 is 6.18 Å². The summed E-state index contributed by atoms with van der Waals surface area (Å²) in [7, 11) is 0. The van der Waals surface area contributed by atoms with Crippen molar-refractivity contribution in [2.75, 3.05) is 12.3 Å². The third-order valence-electron chi connectivity index (χ3n) is 3.24. The van der Waals surface area contributed by atoms with Crippen LogP contribution in [0.15, 0.2) is 18.5 Å². The summed E-state index contributed by atoms with van der Waals surface area (Å²) in [5.41, 5.74) is 4.44. The van der Waals surface area contributed by atoms with E-state index in [1.807, 2.05) is 0 Å². The van der Waals surface area contributed by atoms with Crippen molar-refractivity contribution < 1.29 is 17.9 Å². The fourth-order valence-corrected chi connectivity index (χ4v) is 3.75. The number of nitrogens with two attached hydrogens (primary N) is 1. The molecule has 138 valence electrons. The van der Waals surface area contributed by atoms with Gasteiger partial charge < -0.3 is 10.5 Å².